The van der Waals surface area contributed by atoms with Gasteiger partial charge in [0, 0.05) is 30.9 Å². The Bertz CT molecular complexity index is 1060. The lowest BCUT2D eigenvalue weighted by Crippen LogP contribution is -2.28. The van der Waals surface area contributed by atoms with Gasteiger partial charge in [0.25, 0.3) is 0 Å². The van der Waals surface area contributed by atoms with Crippen molar-refractivity contribution in [1.29, 1.82) is 0 Å². The number of amides is 2. The molecule has 0 spiro atoms. The van der Waals surface area contributed by atoms with Gasteiger partial charge in [0.05, 0.1) is 10.8 Å². The Balaban J connectivity index is 1.64. The fourth-order valence-corrected chi connectivity index (χ4v) is 4.63. The van der Waals surface area contributed by atoms with Gasteiger partial charge in [0.1, 0.15) is 0 Å². The fourth-order valence-electron chi connectivity index (χ4n) is 3.55. The second kappa shape index (κ2) is 9.62. The molecule has 1 saturated heterocycles. The standard InChI is InChI=1S/C23H29N3O4S/c1-4-5-12-24-31(29,30)20-10-8-19(9-11-20)25-23(28)18-14-22(27)26(15-18)21-13-16(2)6-7-17(21)3/h6-11,13,18,24H,4-5,12,14-15H2,1-3H3,(H,25,28). The summed E-state index contributed by atoms with van der Waals surface area (Å²) in [5, 5.41) is 2.80. The number of aryl methyl sites for hydroxylation is 2. The molecule has 1 fully saturated rings. The molecular formula is C23H29N3O4S. The van der Waals surface area contributed by atoms with Crippen LogP contribution in [0.1, 0.15) is 37.3 Å². The molecular weight excluding hydrogens is 414 g/mol. The number of carbonyl (C=O) groups excluding carboxylic acids is 2. The highest BCUT2D eigenvalue weighted by Gasteiger charge is 2.35. The smallest absolute Gasteiger partial charge is 0.240 e. The van der Waals surface area contributed by atoms with E-state index in [4.69, 9.17) is 0 Å². The second-order valence-corrected chi connectivity index (χ2v) is 9.73. The van der Waals surface area contributed by atoms with Crippen molar-refractivity contribution in [3.05, 3.63) is 53.6 Å². The molecule has 2 aromatic carbocycles. The Labute approximate surface area is 183 Å². The van der Waals surface area contributed by atoms with Crippen LogP contribution in [0.3, 0.4) is 0 Å². The first-order chi connectivity index (χ1) is 14.7. The summed E-state index contributed by atoms with van der Waals surface area (Å²) in [7, 11) is -3.56. The molecule has 2 N–H and O–H groups in total. The summed E-state index contributed by atoms with van der Waals surface area (Å²) >= 11 is 0. The monoisotopic (exact) mass is 443 g/mol. The van der Waals surface area contributed by atoms with E-state index in [1.165, 1.54) is 12.1 Å². The molecule has 1 atom stereocenters. The molecule has 2 amide bonds. The number of rotatable bonds is 8. The number of sulfonamides is 1. The van der Waals surface area contributed by atoms with Crippen molar-refractivity contribution in [3.63, 3.8) is 0 Å². The number of nitrogens with zero attached hydrogens (tertiary/aromatic N) is 1. The van der Waals surface area contributed by atoms with E-state index in [1.807, 2.05) is 39.0 Å². The van der Waals surface area contributed by atoms with Crippen LogP contribution < -0.4 is 14.9 Å². The molecule has 0 bridgehead atoms. The minimum absolute atomic E-state index is 0.0755. The van der Waals surface area contributed by atoms with Crippen LogP contribution in [-0.2, 0) is 19.6 Å². The summed E-state index contributed by atoms with van der Waals surface area (Å²) in [5.41, 5.74) is 3.38. The van der Waals surface area contributed by atoms with Crippen LogP contribution in [-0.4, -0.2) is 33.3 Å². The Morgan fingerprint density at radius 3 is 2.52 bits per heavy atom. The number of hydrogen-bond acceptors (Lipinski definition) is 4. The first-order valence-electron chi connectivity index (χ1n) is 10.5. The second-order valence-electron chi connectivity index (χ2n) is 7.96. The summed E-state index contributed by atoms with van der Waals surface area (Å²) in [6.45, 7) is 6.62. The topological polar surface area (TPSA) is 95.6 Å². The Morgan fingerprint density at radius 1 is 1.13 bits per heavy atom. The zero-order chi connectivity index (χ0) is 22.6. The lowest BCUT2D eigenvalue weighted by atomic mass is 10.1. The first kappa shape index (κ1) is 23.0. The highest BCUT2D eigenvalue weighted by molar-refractivity contribution is 7.89. The van der Waals surface area contributed by atoms with E-state index in [2.05, 4.69) is 10.0 Å². The first-order valence-corrected chi connectivity index (χ1v) is 12.0. The number of unbranched alkanes of at least 4 members (excludes halogenated alkanes) is 1. The lowest BCUT2D eigenvalue weighted by molar-refractivity contribution is -0.122. The van der Waals surface area contributed by atoms with Crippen LogP contribution in [0, 0.1) is 19.8 Å². The molecule has 1 aliphatic heterocycles. The average Bonchev–Trinajstić information content (AvgIpc) is 3.12. The summed E-state index contributed by atoms with van der Waals surface area (Å²) < 4.78 is 27.1. The minimum Gasteiger partial charge on any atom is -0.326 e. The molecule has 0 aromatic heterocycles. The third kappa shape index (κ3) is 5.51. The van der Waals surface area contributed by atoms with Crippen molar-refractivity contribution in [2.45, 2.75) is 44.9 Å². The van der Waals surface area contributed by atoms with Crippen molar-refractivity contribution in [2.24, 2.45) is 5.92 Å². The number of hydrogen-bond donors (Lipinski definition) is 2. The van der Waals surface area contributed by atoms with Gasteiger partial charge in [0.2, 0.25) is 21.8 Å². The third-order valence-electron chi connectivity index (χ3n) is 5.41. The van der Waals surface area contributed by atoms with Crippen molar-refractivity contribution in [1.82, 2.24) is 4.72 Å². The SMILES string of the molecule is CCCCNS(=O)(=O)c1ccc(NC(=O)C2CC(=O)N(c3cc(C)ccc3C)C2)cc1. The lowest BCUT2D eigenvalue weighted by Gasteiger charge is -2.19. The van der Waals surface area contributed by atoms with Gasteiger partial charge in [0.15, 0.2) is 0 Å². The highest BCUT2D eigenvalue weighted by Crippen LogP contribution is 2.29. The molecule has 1 unspecified atom stereocenters. The van der Waals surface area contributed by atoms with E-state index in [0.717, 1.165) is 29.7 Å². The average molecular weight is 444 g/mol. The van der Waals surface area contributed by atoms with E-state index in [1.54, 1.807) is 17.0 Å². The van der Waals surface area contributed by atoms with Crippen LogP contribution in [0.2, 0.25) is 0 Å². The number of nitrogens with one attached hydrogen (secondary N) is 2. The normalized spacial score (nSPS) is 16.5. The zero-order valence-corrected chi connectivity index (χ0v) is 19.0. The van der Waals surface area contributed by atoms with E-state index in [-0.39, 0.29) is 23.1 Å². The molecule has 7 nitrogen and oxygen atoms in total. The van der Waals surface area contributed by atoms with Crippen LogP contribution in [0.15, 0.2) is 47.4 Å². The van der Waals surface area contributed by atoms with Crippen LogP contribution in [0.25, 0.3) is 0 Å². The molecule has 31 heavy (non-hydrogen) atoms. The van der Waals surface area contributed by atoms with Gasteiger partial charge >= 0.3 is 0 Å². The molecule has 3 rings (SSSR count). The van der Waals surface area contributed by atoms with Gasteiger partial charge in [-0.15, -0.1) is 0 Å². The Morgan fingerprint density at radius 2 is 1.84 bits per heavy atom. The van der Waals surface area contributed by atoms with Crippen molar-refractivity contribution < 1.29 is 18.0 Å². The van der Waals surface area contributed by atoms with Gasteiger partial charge < -0.3 is 10.2 Å². The molecule has 0 aliphatic carbocycles. The van der Waals surface area contributed by atoms with Crippen LogP contribution >= 0.6 is 0 Å². The predicted molar refractivity (Wildman–Crippen MR) is 122 cm³/mol. The van der Waals surface area contributed by atoms with E-state index < -0.39 is 15.9 Å². The highest BCUT2D eigenvalue weighted by atomic mass is 32.2. The minimum atomic E-state index is -3.56. The summed E-state index contributed by atoms with van der Waals surface area (Å²) in [4.78, 5) is 27.1. The molecule has 1 heterocycles. The maximum absolute atomic E-state index is 12.7. The Kier molecular flexibility index (Phi) is 7.12. The number of benzene rings is 2. The van der Waals surface area contributed by atoms with Crippen LogP contribution in [0.4, 0.5) is 11.4 Å². The molecule has 0 radical (unpaired) electrons. The predicted octanol–water partition coefficient (Wildman–Crippen LogP) is 3.37. The van der Waals surface area contributed by atoms with E-state index in [9.17, 15) is 18.0 Å². The fraction of sp³-hybridized carbons (Fsp3) is 0.391. The molecule has 8 heteroatoms. The van der Waals surface area contributed by atoms with Crippen LogP contribution in [0.5, 0.6) is 0 Å². The number of anilines is 2. The molecule has 2 aromatic rings. The van der Waals surface area contributed by atoms with Gasteiger partial charge in [-0.2, -0.15) is 0 Å². The molecule has 1 aliphatic rings. The quantitative estimate of drug-likeness (QED) is 0.612. The van der Waals surface area contributed by atoms with Crippen molar-refractivity contribution in [2.75, 3.05) is 23.3 Å². The van der Waals surface area contributed by atoms with Crippen molar-refractivity contribution in [3.8, 4) is 0 Å². The number of carbonyl (C=O) groups is 2. The third-order valence-corrected chi connectivity index (χ3v) is 6.88. The summed E-state index contributed by atoms with van der Waals surface area (Å²) in [6, 6.07) is 12.0. The molecule has 0 saturated carbocycles. The summed E-state index contributed by atoms with van der Waals surface area (Å²) in [6.07, 6.45) is 1.82. The maximum Gasteiger partial charge on any atom is 0.240 e. The summed E-state index contributed by atoms with van der Waals surface area (Å²) in [5.74, 6) is -0.794. The van der Waals surface area contributed by atoms with Gasteiger partial charge in [-0.05, 0) is 61.7 Å². The maximum atomic E-state index is 12.7. The zero-order valence-electron chi connectivity index (χ0n) is 18.1. The van der Waals surface area contributed by atoms with Gasteiger partial charge in [-0.25, -0.2) is 13.1 Å². The Hall–Kier alpha value is -2.71. The molecule has 166 valence electrons. The van der Waals surface area contributed by atoms with Gasteiger partial charge in [-0.3, -0.25) is 9.59 Å². The largest absolute Gasteiger partial charge is 0.326 e. The van der Waals surface area contributed by atoms with E-state index in [0.29, 0.717) is 18.8 Å². The van der Waals surface area contributed by atoms with Gasteiger partial charge in [-0.1, -0.05) is 25.5 Å². The van der Waals surface area contributed by atoms with Crippen molar-refractivity contribution >= 4 is 33.2 Å². The van der Waals surface area contributed by atoms with E-state index >= 15 is 0 Å².